The first-order valence-electron chi connectivity index (χ1n) is 5.18. The van der Waals surface area contributed by atoms with Crippen molar-refractivity contribution in [2.24, 2.45) is 0 Å². The Labute approximate surface area is 113 Å². The van der Waals surface area contributed by atoms with E-state index in [2.05, 4.69) is 11.1 Å². The molecule has 0 aliphatic rings. The maximum Gasteiger partial charge on any atom is 0.0935 e. The Morgan fingerprint density at radius 1 is 1.12 bits per heavy atom. The molecule has 0 bridgehead atoms. The van der Waals surface area contributed by atoms with Gasteiger partial charge in [0.15, 0.2) is 0 Å². The van der Waals surface area contributed by atoms with Crippen LogP contribution in [0.15, 0.2) is 30.3 Å². The van der Waals surface area contributed by atoms with Gasteiger partial charge in [-0.25, -0.2) is 0 Å². The summed E-state index contributed by atoms with van der Waals surface area (Å²) in [5.74, 6) is 0. The molecule has 0 saturated carbocycles. The molecule has 3 aromatic rings. The average molecular weight is 282 g/mol. The Balaban J connectivity index is 2.23. The number of H-pyrrole nitrogens is 1. The highest BCUT2D eigenvalue weighted by molar-refractivity contribution is 7.19. The van der Waals surface area contributed by atoms with Crippen molar-refractivity contribution < 1.29 is 0 Å². The maximum atomic E-state index is 6.11. The van der Waals surface area contributed by atoms with Crippen LogP contribution in [-0.2, 0) is 0 Å². The molecule has 2 heterocycles. The molecule has 0 spiro atoms. The number of rotatable bonds is 1. The molecule has 0 aliphatic heterocycles. The Hall–Kier alpha value is -0.960. The average Bonchev–Trinajstić information content (AvgIpc) is 2.90. The van der Waals surface area contributed by atoms with Gasteiger partial charge < -0.3 is 4.98 Å². The van der Waals surface area contributed by atoms with Gasteiger partial charge >= 0.3 is 0 Å². The third-order valence-corrected chi connectivity index (χ3v) is 4.50. The summed E-state index contributed by atoms with van der Waals surface area (Å²) in [6.07, 6.45) is 0. The van der Waals surface area contributed by atoms with Crippen molar-refractivity contribution in [2.75, 3.05) is 0 Å². The highest BCUT2D eigenvalue weighted by atomic mass is 35.5. The molecule has 0 radical (unpaired) electrons. The highest BCUT2D eigenvalue weighted by Crippen LogP contribution is 2.34. The predicted molar refractivity (Wildman–Crippen MR) is 76.4 cm³/mol. The van der Waals surface area contributed by atoms with Crippen molar-refractivity contribution in [3.63, 3.8) is 0 Å². The molecule has 0 amide bonds. The lowest BCUT2D eigenvalue weighted by Crippen LogP contribution is -1.78. The zero-order chi connectivity index (χ0) is 12.0. The van der Waals surface area contributed by atoms with Gasteiger partial charge in [0, 0.05) is 10.4 Å². The van der Waals surface area contributed by atoms with Gasteiger partial charge in [-0.15, -0.1) is 11.3 Å². The number of thiophene rings is 1. The molecule has 1 N–H and O–H groups in total. The molecule has 0 aliphatic carbocycles. The molecule has 1 aromatic carbocycles. The van der Waals surface area contributed by atoms with E-state index in [1.54, 1.807) is 11.3 Å². The lowest BCUT2D eigenvalue weighted by molar-refractivity contribution is 1.42. The molecular formula is C13H9Cl2NS. The van der Waals surface area contributed by atoms with E-state index in [0.29, 0.717) is 0 Å². The van der Waals surface area contributed by atoms with E-state index in [1.165, 1.54) is 5.39 Å². The third kappa shape index (κ3) is 1.86. The van der Waals surface area contributed by atoms with Crippen molar-refractivity contribution in [3.05, 3.63) is 45.3 Å². The lowest BCUT2D eigenvalue weighted by Gasteiger charge is -1.98. The fraction of sp³-hybridized carbons (Fsp3) is 0.0769. The van der Waals surface area contributed by atoms with Gasteiger partial charge in [-0.2, -0.15) is 0 Å². The molecule has 3 rings (SSSR count). The molecule has 1 nitrogen and oxygen atoms in total. The topological polar surface area (TPSA) is 15.8 Å². The zero-order valence-corrected chi connectivity index (χ0v) is 11.4. The fourth-order valence-electron chi connectivity index (χ4n) is 1.91. The Morgan fingerprint density at radius 2 is 1.94 bits per heavy atom. The van der Waals surface area contributed by atoms with E-state index in [1.807, 2.05) is 31.2 Å². The number of hydrogen-bond donors (Lipinski definition) is 1. The van der Waals surface area contributed by atoms with Crippen LogP contribution in [0, 0.1) is 6.92 Å². The van der Waals surface area contributed by atoms with E-state index < -0.39 is 0 Å². The molecule has 0 atom stereocenters. The number of benzene rings is 1. The summed E-state index contributed by atoms with van der Waals surface area (Å²) in [6.45, 7) is 2.02. The number of aromatic amines is 1. The quantitative estimate of drug-likeness (QED) is 0.605. The van der Waals surface area contributed by atoms with Crippen LogP contribution in [0.25, 0.3) is 21.5 Å². The second-order valence-electron chi connectivity index (χ2n) is 3.92. The van der Waals surface area contributed by atoms with Crippen LogP contribution in [-0.4, -0.2) is 4.98 Å². The zero-order valence-electron chi connectivity index (χ0n) is 9.05. The largest absolute Gasteiger partial charge is 0.354 e. The summed E-state index contributed by atoms with van der Waals surface area (Å²) < 4.78 is 0.799. The van der Waals surface area contributed by atoms with Gasteiger partial charge in [-0.05, 0) is 36.8 Å². The summed E-state index contributed by atoms with van der Waals surface area (Å²) in [5.41, 5.74) is 3.26. The Morgan fingerprint density at radius 3 is 2.65 bits per heavy atom. The van der Waals surface area contributed by atoms with Crippen LogP contribution >= 0.6 is 34.5 Å². The molecular weight excluding hydrogens is 273 g/mol. The smallest absolute Gasteiger partial charge is 0.0935 e. The van der Waals surface area contributed by atoms with Crippen molar-refractivity contribution in [1.29, 1.82) is 0 Å². The second-order valence-corrected chi connectivity index (χ2v) is 6.05. The molecule has 2 aromatic heterocycles. The predicted octanol–water partition coefficient (Wildman–Crippen LogP) is 5.51. The monoisotopic (exact) mass is 281 g/mol. The lowest BCUT2D eigenvalue weighted by atomic mass is 10.2. The van der Waals surface area contributed by atoms with Crippen molar-refractivity contribution in [2.45, 2.75) is 6.92 Å². The van der Waals surface area contributed by atoms with Gasteiger partial charge in [0.2, 0.25) is 0 Å². The van der Waals surface area contributed by atoms with Gasteiger partial charge in [-0.3, -0.25) is 0 Å². The van der Waals surface area contributed by atoms with Crippen LogP contribution in [0.1, 0.15) is 5.56 Å². The molecule has 86 valence electrons. The number of nitrogens with one attached hydrogen (secondary N) is 1. The molecule has 4 heteroatoms. The van der Waals surface area contributed by atoms with Crippen molar-refractivity contribution in [3.8, 4) is 10.6 Å². The summed E-state index contributed by atoms with van der Waals surface area (Å²) in [4.78, 5) is 4.54. The van der Waals surface area contributed by atoms with E-state index in [-0.39, 0.29) is 0 Å². The van der Waals surface area contributed by atoms with Gasteiger partial charge in [0.05, 0.1) is 20.4 Å². The second kappa shape index (κ2) is 4.05. The minimum atomic E-state index is 0.787. The number of aryl methyl sites for hydroxylation is 1. The third-order valence-electron chi connectivity index (χ3n) is 2.83. The maximum absolute atomic E-state index is 6.11. The van der Waals surface area contributed by atoms with Crippen LogP contribution in [0.5, 0.6) is 0 Å². The number of hydrogen-bond acceptors (Lipinski definition) is 1. The first-order valence-corrected chi connectivity index (χ1v) is 6.76. The van der Waals surface area contributed by atoms with Crippen molar-refractivity contribution in [1.82, 2.24) is 4.98 Å². The fourth-order valence-corrected chi connectivity index (χ4v) is 3.08. The van der Waals surface area contributed by atoms with Crippen molar-refractivity contribution >= 4 is 45.4 Å². The molecule has 0 unspecified atom stereocenters. The van der Waals surface area contributed by atoms with E-state index in [4.69, 9.17) is 23.2 Å². The number of fused-ring (bicyclic) bond motifs is 1. The summed E-state index contributed by atoms with van der Waals surface area (Å²) >= 11 is 13.6. The Bertz CT molecular complexity index is 697. The van der Waals surface area contributed by atoms with Crippen LogP contribution in [0.2, 0.25) is 9.36 Å². The first kappa shape index (κ1) is 11.1. The minimum Gasteiger partial charge on any atom is -0.354 e. The SMILES string of the molecule is Cc1c(Cl)ccc2cc(-c3ccc(Cl)s3)[nH]c12. The molecule has 17 heavy (non-hydrogen) atoms. The van der Waals surface area contributed by atoms with Crippen LogP contribution < -0.4 is 0 Å². The van der Waals surface area contributed by atoms with Crippen LogP contribution in [0.4, 0.5) is 0 Å². The number of halogens is 2. The van der Waals surface area contributed by atoms with E-state index in [0.717, 1.165) is 31.0 Å². The summed E-state index contributed by atoms with van der Waals surface area (Å²) in [6, 6.07) is 10.0. The Kier molecular flexibility index (Phi) is 2.66. The van der Waals surface area contributed by atoms with Crippen LogP contribution in [0.3, 0.4) is 0 Å². The van der Waals surface area contributed by atoms with Gasteiger partial charge in [-0.1, -0.05) is 29.3 Å². The minimum absolute atomic E-state index is 0.787. The van der Waals surface area contributed by atoms with Gasteiger partial charge in [0.25, 0.3) is 0 Å². The standard InChI is InChI=1S/C13H9Cl2NS/c1-7-9(14)3-2-8-6-10(16-13(7)8)11-4-5-12(15)17-11/h2-6,16H,1H3. The summed E-state index contributed by atoms with van der Waals surface area (Å²) in [5, 5.41) is 1.96. The molecule has 0 saturated heterocycles. The molecule has 0 fully saturated rings. The van der Waals surface area contributed by atoms with Gasteiger partial charge in [0.1, 0.15) is 0 Å². The number of aromatic nitrogens is 1. The highest BCUT2D eigenvalue weighted by Gasteiger charge is 2.08. The first-order chi connectivity index (χ1) is 8.15. The van der Waals surface area contributed by atoms with E-state index >= 15 is 0 Å². The summed E-state index contributed by atoms with van der Waals surface area (Å²) in [7, 11) is 0. The normalized spacial score (nSPS) is 11.2. The van der Waals surface area contributed by atoms with E-state index in [9.17, 15) is 0 Å².